The molecule has 6 heteroatoms. The molecule has 6 nitrogen and oxygen atoms in total. The lowest BCUT2D eigenvalue weighted by Crippen LogP contribution is -2.02. The van der Waals surface area contributed by atoms with Crippen LogP contribution in [0.4, 0.5) is 0 Å². The van der Waals surface area contributed by atoms with Gasteiger partial charge in [0, 0.05) is 6.20 Å². The van der Waals surface area contributed by atoms with Crippen LogP contribution < -0.4 is 5.73 Å². The number of pyridine rings is 1. The molecule has 0 aliphatic carbocycles. The summed E-state index contributed by atoms with van der Waals surface area (Å²) >= 11 is 0. The lowest BCUT2D eigenvalue weighted by atomic mass is 10.3. The number of carboxylic acid groups (broad SMARTS) is 1. The molecule has 15 heavy (non-hydrogen) atoms. The van der Waals surface area contributed by atoms with E-state index in [4.69, 9.17) is 10.8 Å². The van der Waals surface area contributed by atoms with Crippen molar-refractivity contribution < 1.29 is 15.0 Å². The minimum absolute atomic E-state index is 0.109. The normalized spacial score (nSPS) is 10.7. The van der Waals surface area contributed by atoms with Crippen LogP contribution in [0.3, 0.4) is 0 Å². The van der Waals surface area contributed by atoms with Crippen molar-refractivity contribution in [3.8, 4) is 5.75 Å². The molecule has 0 fully saturated rings. The van der Waals surface area contributed by atoms with Crippen molar-refractivity contribution in [3.05, 3.63) is 29.8 Å². The highest BCUT2D eigenvalue weighted by atomic mass is 16.4. The monoisotopic (exact) mass is 207 g/mol. The second kappa shape index (κ2) is 3.25. The summed E-state index contributed by atoms with van der Waals surface area (Å²) in [7, 11) is 0. The van der Waals surface area contributed by atoms with Crippen LogP contribution in [-0.2, 0) is 6.54 Å². The zero-order valence-corrected chi connectivity index (χ0v) is 7.71. The van der Waals surface area contributed by atoms with E-state index in [-0.39, 0.29) is 23.5 Å². The van der Waals surface area contributed by atoms with Gasteiger partial charge in [-0.2, -0.15) is 0 Å². The van der Waals surface area contributed by atoms with Gasteiger partial charge in [0.25, 0.3) is 0 Å². The number of hydrogen-bond donors (Lipinski definition) is 3. The summed E-state index contributed by atoms with van der Waals surface area (Å²) in [6, 6.07) is 3.00. The number of hydrogen-bond acceptors (Lipinski definition) is 4. The number of aromatic carboxylic acids is 1. The molecular formula is C9H9N3O3. The van der Waals surface area contributed by atoms with Crippen molar-refractivity contribution in [3.63, 3.8) is 0 Å². The molecule has 0 radical (unpaired) electrons. The zero-order valence-electron chi connectivity index (χ0n) is 7.71. The second-order valence-electron chi connectivity index (χ2n) is 3.00. The van der Waals surface area contributed by atoms with E-state index in [0.29, 0.717) is 5.82 Å². The van der Waals surface area contributed by atoms with Crippen molar-refractivity contribution in [2.24, 2.45) is 5.73 Å². The van der Waals surface area contributed by atoms with Crippen molar-refractivity contribution in [1.82, 2.24) is 9.38 Å². The third-order valence-electron chi connectivity index (χ3n) is 2.10. The third-order valence-corrected chi connectivity index (χ3v) is 2.10. The highest BCUT2D eigenvalue weighted by Gasteiger charge is 2.18. The largest absolute Gasteiger partial charge is 0.506 e. The maximum atomic E-state index is 10.9. The first kappa shape index (κ1) is 9.47. The molecular weight excluding hydrogens is 198 g/mol. The second-order valence-corrected chi connectivity index (χ2v) is 3.00. The first-order chi connectivity index (χ1) is 7.15. The molecule has 78 valence electrons. The number of fused-ring (bicyclic) bond motifs is 1. The number of nitrogens with two attached hydrogens (primary N) is 1. The molecule has 0 aromatic carbocycles. The maximum Gasteiger partial charge on any atom is 0.356 e. The quantitative estimate of drug-likeness (QED) is 0.652. The molecule has 2 heterocycles. The predicted octanol–water partition coefficient (Wildman–Crippen LogP) is 0.197. The fourth-order valence-corrected chi connectivity index (χ4v) is 1.48. The van der Waals surface area contributed by atoms with Crippen molar-refractivity contribution in [2.75, 3.05) is 0 Å². The Bertz CT molecular complexity index is 533. The molecule has 0 spiro atoms. The van der Waals surface area contributed by atoms with E-state index in [1.807, 2.05) is 0 Å². The number of carboxylic acids is 1. The van der Waals surface area contributed by atoms with Gasteiger partial charge in [-0.25, -0.2) is 9.78 Å². The Balaban J connectivity index is 2.88. The Morgan fingerprint density at radius 1 is 1.60 bits per heavy atom. The Morgan fingerprint density at radius 3 is 2.93 bits per heavy atom. The Labute approximate surface area is 84.6 Å². The van der Waals surface area contributed by atoms with E-state index in [0.717, 1.165) is 0 Å². The minimum atomic E-state index is -1.19. The van der Waals surface area contributed by atoms with Crippen LogP contribution >= 0.6 is 0 Å². The van der Waals surface area contributed by atoms with Crippen LogP contribution in [0.2, 0.25) is 0 Å². The highest BCUT2D eigenvalue weighted by Crippen LogP contribution is 2.22. The zero-order chi connectivity index (χ0) is 11.0. The fraction of sp³-hybridized carbons (Fsp3) is 0.111. The first-order valence-corrected chi connectivity index (χ1v) is 4.27. The standard InChI is InChI=1S/C9H9N3O3/c10-4-6-11-7(9(14)15)8-5(13)2-1-3-12(6)8/h1-3,13H,4,10H2,(H,14,15). The van der Waals surface area contributed by atoms with Gasteiger partial charge in [-0.1, -0.05) is 0 Å². The van der Waals surface area contributed by atoms with E-state index in [9.17, 15) is 9.90 Å². The van der Waals surface area contributed by atoms with E-state index in [2.05, 4.69) is 4.98 Å². The third kappa shape index (κ3) is 1.31. The summed E-state index contributed by atoms with van der Waals surface area (Å²) in [5, 5.41) is 18.4. The van der Waals surface area contributed by atoms with Gasteiger partial charge < -0.3 is 15.9 Å². The van der Waals surface area contributed by atoms with Crippen LogP contribution in [0.25, 0.3) is 5.52 Å². The topological polar surface area (TPSA) is 101 Å². The summed E-state index contributed by atoms with van der Waals surface area (Å²) in [6.07, 6.45) is 1.61. The Hall–Kier alpha value is -2.08. The molecule has 2 aromatic rings. The molecule has 0 unspecified atom stereocenters. The Kier molecular flexibility index (Phi) is 2.05. The molecule has 0 saturated heterocycles. The van der Waals surface area contributed by atoms with E-state index in [1.165, 1.54) is 10.5 Å². The van der Waals surface area contributed by atoms with Crippen LogP contribution in [0.15, 0.2) is 18.3 Å². The maximum absolute atomic E-state index is 10.9. The van der Waals surface area contributed by atoms with Gasteiger partial charge in [-0.05, 0) is 12.1 Å². The van der Waals surface area contributed by atoms with Gasteiger partial charge >= 0.3 is 5.97 Å². The van der Waals surface area contributed by atoms with Gasteiger partial charge in [-0.15, -0.1) is 0 Å². The van der Waals surface area contributed by atoms with Crippen LogP contribution in [-0.4, -0.2) is 25.6 Å². The summed E-state index contributed by atoms with van der Waals surface area (Å²) in [4.78, 5) is 14.7. The number of aromatic hydroxyl groups is 1. The molecule has 0 saturated carbocycles. The molecule has 4 N–H and O–H groups in total. The molecule has 0 atom stereocenters. The molecule has 0 amide bonds. The lowest BCUT2D eigenvalue weighted by molar-refractivity contribution is 0.0693. The molecule has 0 aliphatic rings. The summed E-state index contributed by atoms with van der Waals surface area (Å²) in [6.45, 7) is 0.109. The summed E-state index contributed by atoms with van der Waals surface area (Å²) in [5.41, 5.74) is 5.41. The van der Waals surface area contributed by atoms with Crippen molar-refractivity contribution >= 4 is 11.5 Å². The molecule has 2 rings (SSSR count). The van der Waals surface area contributed by atoms with Gasteiger partial charge in [-0.3, -0.25) is 4.40 Å². The first-order valence-electron chi connectivity index (χ1n) is 4.27. The number of nitrogens with zero attached hydrogens (tertiary/aromatic N) is 2. The van der Waals surface area contributed by atoms with Crippen molar-refractivity contribution in [2.45, 2.75) is 6.54 Å². The molecule has 0 bridgehead atoms. The van der Waals surface area contributed by atoms with Crippen LogP contribution in [0.1, 0.15) is 16.3 Å². The fourth-order valence-electron chi connectivity index (χ4n) is 1.48. The van der Waals surface area contributed by atoms with Crippen LogP contribution in [0.5, 0.6) is 5.75 Å². The molecule has 0 aliphatic heterocycles. The number of rotatable bonds is 2. The lowest BCUT2D eigenvalue weighted by Gasteiger charge is -1.99. The van der Waals surface area contributed by atoms with Gasteiger partial charge in [0.1, 0.15) is 17.1 Å². The predicted molar refractivity (Wildman–Crippen MR) is 51.7 cm³/mol. The van der Waals surface area contributed by atoms with Crippen molar-refractivity contribution in [1.29, 1.82) is 0 Å². The van der Waals surface area contributed by atoms with Gasteiger partial charge in [0.05, 0.1) is 6.54 Å². The average Bonchev–Trinajstić information content (AvgIpc) is 2.58. The van der Waals surface area contributed by atoms with Gasteiger partial charge in [0.2, 0.25) is 0 Å². The average molecular weight is 207 g/mol. The van der Waals surface area contributed by atoms with E-state index < -0.39 is 5.97 Å². The van der Waals surface area contributed by atoms with Crippen LogP contribution in [0, 0.1) is 0 Å². The SMILES string of the molecule is NCc1nc(C(=O)O)c2c(O)cccn12. The minimum Gasteiger partial charge on any atom is -0.506 e. The number of imidazole rings is 1. The van der Waals surface area contributed by atoms with Gasteiger partial charge in [0.15, 0.2) is 5.69 Å². The van der Waals surface area contributed by atoms with E-state index in [1.54, 1.807) is 12.3 Å². The summed E-state index contributed by atoms with van der Waals surface area (Å²) in [5.74, 6) is -0.908. The Morgan fingerprint density at radius 2 is 2.33 bits per heavy atom. The summed E-state index contributed by atoms with van der Waals surface area (Å²) < 4.78 is 1.47. The highest BCUT2D eigenvalue weighted by molar-refractivity contribution is 5.95. The number of aromatic nitrogens is 2. The van der Waals surface area contributed by atoms with E-state index >= 15 is 0 Å². The molecule has 2 aromatic heterocycles. The number of carbonyl (C=O) groups is 1. The smallest absolute Gasteiger partial charge is 0.356 e.